The molecule has 0 atom stereocenters. The number of thioether (sulfide) groups is 1. The zero-order valence-corrected chi connectivity index (χ0v) is 9.44. The van der Waals surface area contributed by atoms with Gasteiger partial charge in [-0.1, -0.05) is 0 Å². The molecular weight excluding hydrogens is 200 g/mol. The van der Waals surface area contributed by atoms with Gasteiger partial charge in [-0.05, 0) is 6.26 Å². The normalized spacial score (nSPS) is 17.1. The first-order chi connectivity index (χ1) is 6.84. The monoisotopic (exact) mass is 218 g/mol. The van der Waals surface area contributed by atoms with Gasteiger partial charge in [0.25, 0.3) is 0 Å². The molecular formula is C9H18N2O2S. The third kappa shape index (κ3) is 4.30. The van der Waals surface area contributed by atoms with Crippen LogP contribution in [0.4, 0.5) is 0 Å². The van der Waals surface area contributed by atoms with Crippen molar-refractivity contribution in [2.75, 3.05) is 51.4 Å². The minimum absolute atomic E-state index is 0.189. The van der Waals surface area contributed by atoms with Gasteiger partial charge in [0.05, 0.1) is 19.8 Å². The Morgan fingerprint density at radius 3 is 2.86 bits per heavy atom. The summed E-state index contributed by atoms with van der Waals surface area (Å²) in [5, 5.41) is 3.13. The first kappa shape index (κ1) is 11.8. The van der Waals surface area contributed by atoms with Crippen molar-refractivity contribution in [1.82, 2.24) is 10.2 Å². The summed E-state index contributed by atoms with van der Waals surface area (Å²) in [6, 6.07) is 0. The quantitative estimate of drug-likeness (QED) is 0.649. The lowest BCUT2D eigenvalue weighted by molar-refractivity contribution is -0.134. The molecule has 1 N–H and O–H groups in total. The molecule has 0 spiro atoms. The molecule has 1 amide bonds. The van der Waals surface area contributed by atoms with Gasteiger partial charge < -0.3 is 15.0 Å². The molecule has 0 bridgehead atoms. The summed E-state index contributed by atoms with van der Waals surface area (Å²) in [5.74, 6) is 1.24. The zero-order valence-electron chi connectivity index (χ0n) is 8.62. The second-order valence-electron chi connectivity index (χ2n) is 3.16. The van der Waals surface area contributed by atoms with Crippen LogP contribution in [-0.2, 0) is 9.53 Å². The molecule has 1 aliphatic rings. The molecule has 1 fully saturated rings. The third-order valence-electron chi connectivity index (χ3n) is 2.12. The van der Waals surface area contributed by atoms with E-state index >= 15 is 0 Å². The van der Waals surface area contributed by atoms with Crippen LogP contribution in [0.1, 0.15) is 0 Å². The van der Waals surface area contributed by atoms with Gasteiger partial charge >= 0.3 is 0 Å². The number of nitrogens with one attached hydrogen (secondary N) is 1. The van der Waals surface area contributed by atoms with Gasteiger partial charge in [0, 0.05) is 25.4 Å². The number of rotatable bonds is 5. The van der Waals surface area contributed by atoms with Gasteiger partial charge in [0.2, 0.25) is 5.91 Å². The molecule has 82 valence electrons. The lowest BCUT2D eigenvalue weighted by atomic mass is 10.4. The Labute approximate surface area is 89.4 Å². The number of carbonyl (C=O) groups is 1. The molecule has 0 aliphatic carbocycles. The Kier molecular flexibility index (Phi) is 5.98. The summed E-state index contributed by atoms with van der Waals surface area (Å²) in [4.78, 5) is 13.4. The van der Waals surface area contributed by atoms with Crippen molar-refractivity contribution >= 4 is 17.7 Å². The number of amides is 1. The fraction of sp³-hybridized carbons (Fsp3) is 0.889. The molecule has 14 heavy (non-hydrogen) atoms. The number of nitrogens with zero attached hydrogens (tertiary/aromatic N) is 1. The summed E-state index contributed by atoms with van der Waals surface area (Å²) < 4.78 is 5.18. The highest BCUT2D eigenvalue weighted by Gasteiger charge is 2.15. The average molecular weight is 218 g/mol. The third-order valence-corrected chi connectivity index (χ3v) is 2.74. The van der Waals surface area contributed by atoms with E-state index in [1.807, 2.05) is 4.90 Å². The first-order valence-corrected chi connectivity index (χ1v) is 6.29. The van der Waals surface area contributed by atoms with E-state index in [2.05, 4.69) is 11.6 Å². The predicted octanol–water partition coefficient (Wildman–Crippen LogP) is -0.202. The van der Waals surface area contributed by atoms with Crippen LogP contribution in [0, 0.1) is 0 Å². The van der Waals surface area contributed by atoms with Crippen molar-refractivity contribution in [2.24, 2.45) is 0 Å². The highest BCUT2D eigenvalue weighted by Crippen LogP contribution is 1.96. The highest BCUT2D eigenvalue weighted by atomic mass is 32.2. The Morgan fingerprint density at radius 1 is 1.50 bits per heavy atom. The molecule has 1 saturated heterocycles. The lowest BCUT2D eigenvalue weighted by Gasteiger charge is -2.26. The van der Waals surface area contributed by atoms with Crippen LogP contribution < -0.4 is 5.32 Å². The van der Waals surface area contributed by atoms with Crippen molar-refractivity contribution in [2.45, 2.75) is 0 Å². The van der Waals surface area contributed by atoms with Gasteiger partial charge in [-0.25, -0.2) is 0 Å². The average Bonchev–Trinajstić information content (AvgIpc) is 2.25. The van der Waals surface area contributed by atoms with Crippen molar-refractivity contribution in [1.29, 1.82) is 0 Å². The van der Waals surface area contributed by atoms with Gasteiger partial charge in [0.1, 0.15) is 0 Å². The number of hydrogen-bond acceptors (Lipinski definition) is 4. The molecule has 1 aliphatic heterocycles. The van der Waals surface area contributed by atoms with Gasteiger partial charge in [-0.2, -0.15) is 11.8 Å². The van der Waals surface area contributed by atoms with E-state index in [1.165, 1.54) is 0 Å². The van der Waals surface area contributed by atoms with Gasteiger partial charge in [0.15, 0.2) is 0 Å². The van der Waals surface area contributed by atoms with E-state index < -0.39 is 0 Å². The topological polar surface area (TPSA) is 41.6 Å². The molecule has 5 heteroatoms. The molecule has 0 radical (unpaired) electrons. The molecule has 0 saturated carbocycles. The molecule has 1 rings (SSSR count). The fourth-order valence-electron chi connectivity index (χ4n) is 1.29. The Morgan fingerprint density at radius 2 is 2.21 bits per heavy atom. The van der Waals surface area contributed by atoms with Crippen molar-refractivity contribution in [3.8, 4) is 0 Å². The summed E-state index contributed by atoms with van der Waals surface area (Å²) in [6.07, 6.45) is 2.06. The van der Waals surface area contributed by atoms with Crippen LogP contribution in [-0.4, -0.2) is 62.2 Å². The van der Waals surface area contributed by atoms with Crippen molar-refractivity contribution in [3.05, 3.63) is 0 Å². The van der Waals surface area contributed by atoms with E-state index in [4.69, 9.17) is 4.74 Å². The number of morpholine rings is 1. The predicted molar refractivity (Wildman–Crippen MR) is 58.7 cm³/mol. The van der Waals surface area contributed by atoms with E-state index in [-0.39, 0.29) is 5.91 Å². The maximum atomic E-state index is 11.6. The van der Waals surface area contributed by atoms with Crippen LogP contribution in [0.2, 0.25) is 0 Å². The SMILES string of the molecule is CSCCNCC(=O)N1CCOCC1. The summed E-state index contributed by atoms with van der Waals surface area (Å²) in [5.41, 5.74) is 0. The Balaban J connectivity index is 2.07. The van der Waals surface area contributed by atoms with Crippen LogP contribution >= 0.6 is 11.8 Å². The molecule has 0 aromatic rings. The number of carbonyl (C=O) groups excluding carboxylic acids is 1. The van der Waals surface area contributed by atoms with Crippen LogP contribution in [0.3, 0.4) is 0 Å². The van der Waals surface area contributed by atoms with Crippen LogP contribution in [0.25, 0.3) is 0 Å². The molecule has 1 heterocycles. The minimum Gasteiger partial charge on any atom is -0.378 e. The summed E-state index contributed by atoms with van der Waals surface area (Å²) in [7, 11) is 0. The van der Waals surface area contributed by atoms with E-state index in [9.17, 15) is 4.79 Å². The van der Waals surface area contributed by atoms with Crippen LogP contribution in [0.5, 0.6) is 0 Å². The summed E-state index contributed by atoms with van der Waals surface area (Å²) >= 11 is 1.78. The number of hydrogen-bond donors (Lipinski definition) is 1. The maximum Gasteiger partial charge on any atom is 0.236 e. The van der Waals surface area contributed by atoms with Crippen molar-refractivity contribution < 1.29 is 9.53 Å². The first-order valence-electron chi connectivity index (χ1n) is 4.90. The van der Waals surface area contributed by atoms with E-state index in [0.29, 0.717) is 19.8 Å². The molecule has 0 unspecified atom stereocenters. The summed E-state index contributed by atoms with van der Waals surface area (Å²) in [6.45, 7) is 4.19. The van der Waals surface area contributed by atoms with E-state index in [0.717, 1.165) is 25.4 Å². The van der Waals surface area contributed by atoms with Crippen LogP contribution in [0.15, 0.2) is 0 Å². The van der Waals surface area contributed by atoms with Gasteiger partial charge in [-0.3, -0.25) is 4.79 Å². The second kappa shape index (κ2) is 7.09. The lowest BCUT2D eigenvalue weighted by Crippen LogP contribution is -2.44. The number of ether oxygens (including phenoxy) is 1. The largest absolute Gasteiger partial charge is 0.378 e. The molecule has 4 nitrogen and oxygen atoms in total. The zero-order chi connectivity index (χ0) is 10.2. The second-order valence-corrected chi connectivity index (χ2v) is 4.15. The minimum atomic E-state index is 0.189. The van der Waals surface area contributed by atoms with E-state index in [1.54, 1.807) is 11.8 Å². The highest BCUT2D eigenvalue weighted by molar-refractivity contribution is 7.98. The van der Waals surface area contributed by atoms with Crippen molar-refractivity contribution in [3.63, 3.8) is 0 Å². The molecule has 0 aromatic carbocycles. The Hall–Kier alpha value is -0.260. The Bertz CT molecular complexity index is 172. The fourth-order valence-corrected chi connectivity index (χ4v) is 1.64. The smallest absolute Gasteiger partial charge is 0.236 e. The standard InChI is InChI=1S/C9H18N2O2S/c1-14-7-2-10-8-9(12)11-3-5-13-6-4-11/h10H,2-8H2,1H3. The van der Waals surface area contributed by atoms with Gasteiger partial charge in [-0.15, -0.1) is 0 Å². The molecule has 0 aromatic heterocycles. The maximum absolute atomic E-state index is 11.6.